The SMILES string of the molecule is CCCCCN1CC(C=O)CC1C(=O)O. The lowest BCUT2D eigenvalue weighted by Gasteiger charge is -2.20. The lowest BCUT2D eigenvalue weighted by Crippen LogP contribution is -2.36. The molecular weight excluding hydrogens is 194 g/mol. The van der Waals surface area contributed by atoms with E-state index in [0.717, 1.165) is 32.1 Å². The Hall–Kier alpha value is -0.900. The lowest BCUT2D eigenvalue weighted by atomic mass is 10.1. The van der Waals surface area contributed by atoms with Crippen LogP contribution in [0.2, 0.25) is 0 Å². The van der Waals surface area contributed by atoms with Crippen LogP contribution in [0, 0.1) is 5.92 Å². The summed E-state index contributed by atoms with van der Waals surface area (Å²) >= 11 is 0. The number of unbranched alkanes of at least 4 members (excludes halogenated alkanes) is 2. The molecule has 1 fully saturated rings. The van der Waals surface area contributed by atoms with E-state index >= 15 is 0 Å². The minimum Gasteiger partial charge on any atom is -0.480 e. The van der Waals surface area contributed by atoms with E-state index < -0.39 is 12.0 Å². The Morgan fingerprint density at radius 3 is 2.80 bits per heavy atom. The second-order valence-electron chi connectivity index (χ2n) is 4.19. The number of aliphatic carboxylic acids is 1. The first-order valence-corrected chi connectivity index (χ1v) is 5.61. The van der Waals surface area contributed by atoms with Crippen molar-refractivity contribution >= 4 is 12.3 Å². The van der Waals surface area contributed by atoms with Crippen molar-refractivity contribution in [2.24, 2.45) is 5.92 Å². The van der Waals surface area contributed by atoms with E-state index in [2.05, 4.69) is 6.92 Å². The molecule has 1 N–H and O–H groups in total. The summed E-state index contributed by atoms with van der Waals surface area (Å²) in [7, 11) is 0. The molecule has 0 aromatic rings. The van der Waals surface area contributed by atoms with Crippen LogP contribution in [0.3, 0.4) is 0 Å². The molecular formula is C11H19NO3. The first-order valence-electron chi connectivity index (χ1n) is 5.61. The minimum atomic E-state index is -0.796. The van der Waals surface area contributed by atoms with Gasteiger partial charge in [0.15, 0.2) is 0 Å². The highest BCUT2D eigenvalue weighted by Crippen LogP contribution is 2.22. The predicted octanol–water partition coefficient (Wildman–Crippen LogP) is 1.15. The standard InChI is InChI=1S/C11H19NO3/c1-2-3-4-5-12-7-9(8-13)6-10(12)11(14)15/h8-10H,2-7H2,1H3,(H,14,15). The zero-order valence-electron chi connectivity index (χ0n) is 9.19. The Kier molecular flexibility index (Phi) is 4.75. The number of carbonyl (C=O) groups is 2. The van der Waals surface area contributed by atoms with Crippen molar-refractivity contribution in [1.29, 1.82) is 0 Å². The van der Waals surface area contributed by atoms with E-state index in [0.29, 0.717) is 13.0 Å². The Morgan fingerprint density at radius 2 is 2.27 bits per heavy atom. The Labute approximate surface area is 90.3 Å². The van der Waals surface area contributed by atoms with Gasteiger partial charge in [-0.1, -0.05) is 19.8 Å². The van der Waals surface area contributed by atoms with Crippen molar-refractivity contribution in [3.8, 4) is 0 Å². The first kappa shape index (κ1) is 12.2. The molecule has 1 heterocycles. The molecule has 2 unspecified atom stereocenters. The van der Waals surface area contributed by atoms with Gasteiger partial charge >= 0.3 is 5.97 Å². The summed E-state index contributed by atoms with van der Waals surface area (Å²) in [6.45, 7) is 3.53. The van der Waals surface area contributed by atoms with Crippen molar-refractivity contribution in [2.75, 3.05) is 13.1 Å². The fraction of sp³-hybridized carbons (Fsp3) is 0.818. The third-order valence-electron chi connectivity index (χ3n) is 2.96. The molecule has 1 aliphatic rings. The van der Waals surface area contributed by atoms with Gasteiger partial charge in [-0.05, 0) is 19.4 Å². The zero-order valence-corrected chi connectivity index (χ0v) is 9.19. The number of aldehydes is 1. The van der Waals surface area contributed by atoms with Crippen LogP contribution in [0.5, 0.6) is 0 Å². The van der Waals surface area contributed by atoms with Crippen LogP contribution in [-0.2, 0) is 9.59 Å². The Morgan fingerprint density at radius 1 is 1.53 bits per heavy atom. The second-order valence-corrected chi connectivity index (χ2v) is 4.19. The van der Waals surface area contributed by atoms with Crippen molar-refractivity contribution in [3.63, 3.8) is 0 Å². The number of nitrogens with zero attached hydrogens (tertiary/aromatic N) is 1. The van der Waals surface area contributed by atoms with E-state index in [1.165, 1.54) is 0 Å². The molecule has 1 aliphatic heterocycles. The maximum Gasteiger partial charge on any atom is 0.320 e. The monoisotopic (exact) mass is 213 g/mol. The molecule has 0 saturated carbocycles. The maximum absolute atomic E-state index is 10.9. The maximum atomic E-state index is 10.9. The van der Waals surface area contributed by atoms with Crippen LogP contribution in [0.15, 0.2) is 0 Å². The van der Waals surface area contributed by atoms with Crippen LogP contribution < -0.4 is 0 Å². The summed E-state index contributed by atoms with van der Waals surface area (Å²) < 4.78 is 0. The van der Waals surface area contributed by atoms with Crippen LogP contribution in [0.4, 0.5) is 0 Å². The fourth-order valence-electron chi connectivity index (χ4n) is 2.11. The van der Waals surface area contributed by atoms with Gasteiger partial charge in [0.2, 0.25) is 0 Å². The predicted molar refractivity (Wildman–Crippen MR) is 56.7 cm³/mol. The second kappa shape index (κ2) is 5.85. The normalized spacial score (nSPS) is 26.7. The van der Waals surface area contributed by atoms with E-state index in [1.807, 2.05) is 4.90 Å². The summed E-state index contributed by atoms with van der Waals surface area (Å²) in [5.41, 5.74) is 0. The molecule has 0 radical (unpaired) electrons. The molecule has 4 heteroatoms. The number of carboxylic acids is 1. The van der Waals surface area contributed by atoms with Crippen molar-refractivity contribution < 1.29 is 14.7 Å². The number of rotatable bonds is 6. The van der Waals surface area contributed by atoms with Gasteiger partial charge in [0.25, 0.3) is 0 Å². The van der Waals surface area contributed by atoms with E-state index in [1.54, 1.807) is 0 Å². The summed E-state index contributed by atoms with van der Waals surface area (Å²) in [4.78, 5) is 23.5. The molecule has 4 nitrogen and oxygen atoms in total. The van der Waals surface area contributed by atoms with Gasteiger partial charge in [0, 0.05) is 12.5 Å². The highest BCUT2D eigenvalue weighted by Gasteiger charge is 2.35. The fourth-order valence-corrected chi connectivity index (χ4v) is 2.11. The van der Waals surface area contributed by atoms with Crippen molar-refractivity contribution in [1.82, 2.24) is 4.90 Å². The molecule has 0 aromatic carbocycles. The number of carboxylic acid groups (broad SMARTS) is 1. The average Bonchev–Trinajstić information content (AvgIpc) is 2.62. The van der Waals surface area contributed by atoms with Gasteiger partial charge in [-0.15, -0.1) is 0 Å². The highest BCUT2D eigenvalue weighted by atomic mass is 16.4. The van der Waals surface area contributed by atoms with Gasteiger partial charge < -0.3 is 9.90 Å². The van der Waals surface area contributed by atoms with Crippen molar-refractivity contribution in [2.45, 2.75) is 38.6 Å². The average molecular weight is 213 g/mol. The molecule has 2 atom stereocenters. The number of hydrogen-bond acceptors (Lipinski definition) is 3. The molecule has 0 bridgehead atoms. The molecule has 0 amide bonds. The molecule has 15 heavy (non-hydrogen) atoms. The van der Waals surface area contributed by atoms with Gasteiger partial charge in [0.1, 0.15) is 12.3 Å². The highest BCUT2D eigenvalue weighted by molar-refractivity contribution is 5.75. The van der Waals surface area contributed by atoms with Gasteiger partial charge in [-0.3, -0.25) is 9.69 Å². The minimum absolute atomic E-state index is 0.0901. The van der Waals surface area contributed by atoms with Gasteiger partial charge in [-0.2, -0.15) is 0 Å². The summed E-state index contributed by atoms with van der Waals surface area (Å²) in [5, 5.41) is 9.00. The van der Waals surface area contributed by atoms with Gasteiger partial charge in [-0.25, -0.2) is 0 Å². The Bertz CT molecular complexity index is 230. The molecule has 1 rings (SSSR count). The summed E-state index contributed by atoms with van der Waals surface area (Å²) in [6, 6.07) is -0.447. The van der Waals surface area contributed by atoms with E-state index in [9.17, 15) is 9.59 Å². The van der Waals surface area contributed by atoms with Crippen LogP contribution >= 0.6 is 0 Å². The van der Waals surface area contributed by atoms with E-state index in [4.69, 9.17) is 5.11 Å². The third-order valence-corrected chi connectivity index (χ3v) is 2.96. The number of likely N-dealkylation sites (tertiary alicyclic amines) is 1. The topological polar surface area (TPSA) is 57.6 Å². The van der Waals surface area contributed by atoms with Gasteiger partial charge in [0.05, 0.1) is 0 Å². The first-order chi connectivity index (χ1) is 7.19. The Balaban J connectivity index is 2.45. The molecule has 86 valence electrons. The number of hydrogen-bond donors (Lipinski definition) is 1. The largest absolute Gasteiger partial charge is 0.480 e. The smallest absolute Gasteiger partial charge is 0.320 e. The molecule has 0 aromatic heterocycles. The quantitative estimate of drug-likeness (QED) is 0.531. The van der Waals surface area contributed by atoms with Crippen molar-refractivity contribution in [3.05, 3.63) is 0 Å². The summed E-state index contributed by atoms with van der Waals surface area (Å²) in [5.74, 6) is -0.886. The van der Waals surface area contributed by atoms with Crippen LogP contribution in [0.1, 0.15) is 32.6 Å². The number of carbonyl (C=O) groups excluding carboxylic acids is 1. The van der Waals surface area contributed by atoms with Crippen LogP contribution in [0.25, 0.3) is 0 Å². The molecule has 0 aliphatic carbocycles. The van der Waals surface area contributed by atoms with Crippen LogP contribution in [-0.4, -0.2) is 41.4 Å². The lowest BCUT2D eigenvalue weighted by molar-refractivity contribution is -0.142. The third kappa shape index (κ3) is 3.30. The molecule has 0 spiro atoms. The molecule has 1 saturated heterocycles. The summed E-state index contributed by atoms with van der Waals surface area (Å²) in [6.07, 6.45) is 4.63. The zero-order chi connectivity index (χ0) is 11.3. The van der Waals surface area contributed by atoms with E-state index in [-0.39, 0.29) is 5.92 Å².